The van der Waals surface area contributed by atoms with Gasteiger partial charge in [0.2, 0.25) is 5.91 Å². The Labute approximate surface area is 135 Å². The summed E-state index contributed by atoms with van der Waals surface area (Å²) in [5, 5.41) is 0.584. The van der Waals surface area contributed by atoms with Gasteiger partial charge in [-0.1, -0.05) is 12.1 Å². The molecule has 0 N–H and O–H groups in total. The summed E-state index contributed by atoms with van der Waals surface area (Å²) in [6.45, 7) is 4.65. The van der Waals surface area contributed by atoms with Gasteiger partial charge in [0.25, 0.3) is 5.56 Å². The molecule has 0 fully saturated rings. The summed E-state index contributed by atoms with van der Waals surface area (Å²) in [7, 11) is 3.36. The maximum Gasteiger partial charge on any atom is 0.261 e. The molecule has 0 saturated heterocycles. The first kappa shape index (κ1) is 17.1. The molecule has 0 radical (unpaired) electrons. The molecule has 2 rings (SSSR count). The van der Waals surface area contributed by atoms with E-state index in [0.29, 0.717) is 24.1 Å². The van der Waals surface area contributed by atoms with Crippen LogP contribution in [0.1, 0.15) is 18.9 Å². The van der Waals surface area contributed by atoms with Gasteiger partial charge in [-0.3, -0.25) is 14.2 Å². The number of para-hydroxylation sites is 1. The van der Waals surface area contributed by atoms with Crippen LogP contribution in [0.3, 0.4) is 0 Å². The predicted octanol–water partition coefficient (Wildman–Crippen LogP) is 1.59. The van der Waals surface area contributed by atoms with E-state index in [9.17, 15) is 9.59 Å². The number of carbonyl (C=O) groups excluding carboxylic acids is 1. The van der Waals surface area contributed by atoms with Crippen molar-refractivity contribution in [1.29, 1.82) is 0 Å². The van der Waals surface area contributed by atoms with Crippen LogP contribution in [0.25, 0.3) is 10.9 Å². The highest BCUT2D eigenvalue weighted by atomic mass is 16.5. The van der Waals surface area contributed by atoms with Crippen LogP contribution in [-0.4, -0.2) is 47.2 Å². The van der Waals surface area contributed by atoms with E-state index in [4.69, 9.17) is 4.74 Å². The lowest BCUT2D eigenvalue weighted by molar-refractivity contribution is -0.132. The van der Waals surface area contributed by atoms with E-state index in [1.165, 1.54) is 10.9 Å². The molecular formula is C17H23N3O3. The molecule has 1 atom stereocenters. The predicted molar refractivity (Wildman–Crippen MR) is 89.5 cm³/mol. The Morgan fingerprint density at radius 2 is 2.17 bits per heavy atom. The summed E-state index contributed by atoms with van der Waals surface area (Å²) in [6, 6.07) is 5.54. The summed E-state index contributed by atoms with van der Waals surface area (Å²) in [6.07, 6.45) is 1.77. The van der Waals surface area contributed by atoms with Gasteiger partial charge < -0.3 is 9.64 Å². The van der Waals surface area contributed by atoms with Gasteiger partial charge in [-0.2, -0.15) is 0 Å². The van der Waals surface area contributed by atoms with Crippen molar-refractivity contribution in [3.63, 3.8) is 0 Å². The van der Waals surface area contributed by atoms with Crippen molar-refractivity contribution >= 4 is 16.8 Å². The van der Waals surface area contributed by atoms with E-state index in [-0.39, 0.29) is 23.9 Å². The van der Waals surface area contributed by atoms with Gasteiger partial charge in [-0.15, -0.1) is 0 Å². The zero-order valence-electron chi connectivity index (χ0n) is 14.1. The maximum absolute atomic E-state index is 12.5. The molecule has 1 heterocycles. The molecule has 1 amide bonds. The summed E-state index contributed by atoms with van der Waals surface area (Å²) < 4.78 is 6.55. The van der Waals surface area contributed by atoms with Crippen molar-refractivity contribution in [3.05, 3.63) is 40.4 Å². The fourth-order valence-corrected chi connectivity index (χ4v) is 2.49. The number of ether oxygens (including phenoxy) is 1. The number of amides is 1. The molecule has 0 spiro atoms. The number of carbonyl (C=O) groups is 1. The number of aryl methyl sites for hydroxylation is 2. The molecule has 0 aliphatic carbocycles. The van der Waals surface area contributed by atoms with E-state index < -0.39 is 0 Å². The fraction of sp³-hybridized carbons (Fsp3) is 0.471. The molecule has 6 heteroatoms. The second-order valence-corrected chi connectivity index (χ2v) is 5.77. The van der Waals surface area contributed by atoms with Gasteiger partial charge in [-0.05, 0) is 25.5 Å². The van der Waals surface area contributed by atoms with E-state index in [2.05, 4.69) is 4.98 Å². The number of benzene rings is 1. The van der Waals surface area contributed by atoms with Gasteiger partial charge in [0.15, 0.2) is 0 Å². The number of aromatic nitrogens is 2. The lowest BCUT2D eigenvalue weighted by atomic mass is 10.1. The standard InChI is InChI=1S/C17H23N3O3/c1-12-6-5-7-14-16(12)18-11-20(17(14)22)9-8-15(21)19(3)13(2)10-23-4/h5-7,11,13H,8-10H2,1-4H3. The Kier molecular flexibility index (Phi) is 5.50. The summed E-state index contributed by atoms with van der Waals surface area (Å²) in [4.78, 5) is 30.7. The highest BCUT2D eigenvalue weighted by molar-refractivity contribution is 5.80. The molecule has 1 aromatic carbocycles. The third-order valence-corrected chi connectivity index (χ3v) is 4.08. The molecule has 6 nitrogen and oxygen atoms in total. The Balaban J connectivity index is 2.12. The van der Waals surface area contributed by atoms with Crippen molar-refractivity contribution in [2.24, 2.45) is 0 Å². The largest absolute Gasteiger partial charge is 0.383 e. The van der Waals surface area contributed by atoms with Crippen molar-refractivity contribution in [3.8, 4) is 0 Å². The minimum atomic E-state index is -0.112. The topological polar surface area (TPSA) is 64.4 Å². The number of rotatable bonds is 6. The van der Waals surface area contributed by atoms with Crippen LogP contribution in [0.5, 0.6) is 0 Å². The third-order valence-electron chi connectivity index (χ3n) is 4.08. The first-order valence-electron chi connectivity index (χ1n) is 7.65. The molecule has 124 valence electrons. The van der Waals surface area contributed by atoms with Crippen LogP contribution in [0, 0.1) is 6.92 Å². The minimum Gasteiger partial charge on any atom is -0.383 e. The van der Waals surface area contributed by atoms with Gasteiger partial charge in [0, 0.05) is 27.1 Å². The van der Waals surface area contributed by atoms with Crippen LogP contribution in [-0.2, 0) is 16.1 Å². The minimum absolute atomic E-state index is 0.00148. The number of hydrogen-bond acceptors (Lipinski definition) is 4. The molecule has 1 aromatic heterocycles. The summed E-state index contributed by atoms with van der Waals surface area (Å²) in [5.74, 6) is -0.0224. The van der Waals surface area contributed by atoms with Crippen LogP contribution in [0.15, 0.2) is 29.3 Å². The zero-order chi connectivity index (χ0) is 17.0. The Morgan fingerprint density at radius 3 is 2.87 bits per heavy atom. The molecule has 23 heavy (non-hydrogen) atoms. The highest BCUT2D eigenvalue weighted by Gasteiger charge is 2.16. The molecule has 0 aliphatic rings. The van der Waals surface area contributed by atoms with E-state index >= 15 is 0 Å². The average Bonchev–Trinajstić information content (AvgIpc) is 2.54. The first-order valence-corrected chi connectivity index (χ1v) is 7.65. The first-order chi connectivity index (χ1) is 11.0. The normalized spacial score (nSPS) is 12.3. The van der Waals surface area contributed by atoms with Gasteiger partial charge in [0.05, 0.1) is 29.9 Å². The second kappa shape index (κ2) is 7.37. The monoisotopic (exact) mass is 317 g/mol. The fourth-order valence-electron chi connectivity index (χ4n) is 2.49. The van der Waals surface area contributed by atoms with E-state index in [1.807, 2.05) is 26.0 Å². The van der Waals surface area contributed by atoms with E-state index in [0.717, 1.165) is 5.56 Å². The van der Waals surface area contributed by atoms with E-state index in [1.54, 1.807) is 25.1 Å². The molecule has 0 aliphatic heterocycles. The maximum atomic E-state index is 12.5. The number of nitrogens with zero attached hydrogens (tertiary/aromatic N) is 3. The van der Waals surface area contributed by atoms with Crippen molar-refractivity contribution in [1.82, 2.24) is 14.5 Å². The molecule has 1 unspecified atom stereocenters. The van der Waals surface area contributed by atoms with Gasteiger partial charge in [-0.25, -0.2) is 4.98 Å². The number of methoxy groups -OCH3 is 1. The van der Waals surface area contributed by atoms with Crippen LogP contribution >= 0.6 is 0 Å². The number of likely N-dealkylation sites (N-methyl/N-ethyl adjacent to an activating group) is 1. The smallest absolute Gasteiger partial charge is 0.261 e. The zero-order valence-corrected chi connectivity index (χ0v) is 14.1. The molecule has 0 bridgehead atoms. The van der Waals surface area contributed by atoms with Crippen molar-refractivity contribution in [2.75, 3.05) is 20.8 Å². The van der Waals surface area contributed by atoms with Crippen LogP contribution in [0.2, 0.25) is 0 Å². The highest BCUT2D eigenvalue weighted by Crippen LogP contribution is 2.11. The third kappa shape index (κ3) is 3.76. The van der Waals surface area contributed by atoms with Crippen LogP contribution < -0.4 is 5.56 Å². The summed E-state index contributed by atoms with van der Waals surface area (Å²) in [5.41, 5.74) is 1.57. The van der Waals surface area contributed by atoms with Gasteiger partial charge >= 0.3 is 0 Å². The van der Waals surface area contributed by atoms with Crippen molar-refractivity contribution < 1.29 is 9.53 Å². The quantitative estimate of drug-likeness (QED) is 0.811. The molecule has 2 aromatic rings. The number of hydrogen-bond donors (Lipinski definition) is 0. The van der Waals surface area contributed by atoms with Crippen molar-refractivity contribution in [2.45, 2.75) is 32.9 Å². The molecular weight excluding hydrogens is 294 g/mol. The Hall–Kier alpha value is -2.21. The second-order valence-electron chi connectivity index (χ2n) is 5.77. The van der Waals surface area contributed by atoms with Gasteiger partial charge in [0.1, 0.15) is 0 Å². The van der Waals surface area contributed by atoms with Crippen LogP contribution in [0.4, 0.5) is 0 Å². The number of fused-ring (bicyclic) bond motifs is 1. The summed E-state index contributed by atoms with van der Waals surface area (Å²) >= 11 is 0. The Bertz CT molecular complexity index is 754. The SMILES string of the molecule is COCC(C)N(C)C(=O)CCn1cnc2c(C)cccc2c1=O. The lowest BCUT2D eigenvalue weighted by Crippen LogP contribution is -2.38. The average molecular weight is 317 g/mol. The Morgan fingerprint density at radius 1 is 1.43 bits per heavy atom. The lowest BCUT2D eigenvalue weighted by Gasteiger charge is -2.24. The molecule has 0 saturated carbocycles.